The van der Waals surface area contributed by atoms with E-state index in [1.165, 1.54) is 0 Å². The van der Waals surface area contributed by atoms with E-state index in [9.17, 15) is 9.90 Å². The van der Waals surface area contributed by atoms with Gasteiger partial charge in [0.15, 0.2) is 0 Å². The monoisotopic (exact) mass is 253 g/mol. The molecule has 0 aliphatic carbocycles. The van der Waals surface area contributed by atoms with Gasteiger partial charge in [-0.2, -0.15) is 0 Å². The second-order valence-corrected chi connectivity index (χ2v) is 4.20. The van der Waals surface area contributed by atoms with Crippen molar-refractivity contribution in [3.8, 4) is 11.3 Å². The molecule has 3 rings (SSSR count). The number of hydrogen-bond donors (Lipinski definition) is 1. The molecule has 0 aliphatic heterocycles. The van der Waals surface area contributed by atoms with Crippen LogP contribution >= 0.6 is 0 Å². The summed E-state index contributed by atoms with van der Waals surface area (Å²) in [5, 5.41) is 10.1. The van der Waals surface area contributed by atoms with E-state index in [-0.39, 0.29) is 5.56 Å². The Kier molecular flexibility index (Phi) is 2.52. The lowest BCUT2D eigenvalue weighted by atomic mass is 10.1. The number of hydrogen-bond acceptors (Lipinski definition) is 3. The first kappa shape index (κ1) is 11.4. The van der Waals surface area contributed by atoms with Gasteiger partial charge in [-0.25, -0.2) is 9.78 Å². The van der Waals surface area contributed by atoms with Gasteiger partial charge in [0.25, 0.3) is 0 Å². The maximum Gasteiger partial charge on any atom is 0.338 e. The van der Waals surface area contributed by atoms with Crippen LogP contribution < -0.4 is 0 Å². The van der Waals surface area contributed by atoms with Crippen LogP contribution in [-0.2, 0) is 7.05 Å². The first-order chi connectivity index (χ1) is 9.20. The van der Waals surface area contributed by atoms with Crippen molar-refractivity contribution in [2.45, 2.75) is 0 Å². The molecule has 0 aromatic carbocycles. The molecule has 0 unspecified atom stereocenters. The molecule has 3 heterocycles. The summed E-state index contributed by atoms with van der Waals surface area (Å²) in [7, 11) is 1.82. The molecule has 0 fully saturated rings. The highest BCUT2D eigenvalue weighted by Crippen LogP contribution is 2.31. The molecule has 5 nitrogen and oxygen atoms in total. The molecule has 3 aromatic heterocycles. The highest BCUT2D eigenvalue weighted by Gasteiger charge is 2.22. The zero-order chi connectivity index (χ0) is 13.4. The first-order valence-corrected chi connectivity index (χ1v) is 5.77. The minimum atomic E-state index is -0.953. The van der Waals surface area contributed by atoms with Crippen LogP contribution in [-0.4, -0.2) is 25.6 Å². The fourth-order valence-electron chi connectivity index (χ4n) is 2.32. The number of aromatic carboxylic acids is 1. The highest BCUT2D eigenvalue weighted by molar-refractivity contribution is 6.08. The maximum absolute atomic E-state index is 11.6. The van der Waals surface area contributed by atoms with Crippen LogP contribution in [0.3, 0.4) is 0 Å². The van der Waals surface area contributed by atoms with Gasteiger partial charge in [-0.1, -0.05) is 0 Å². The maximum atomic E-state index is 11.6. The third kappa shape index (κ3) is 1.67. The van der Waals surface area contributed by atoms with Gasteiger partial charge in [0.1, 0.15) is 5.65 Å². The number of carboxylic acids is 1. The topological polar surface area (TPSA) is 68.0 Å². The number of rotatable bonds is 2. The van der Waals surface area contributed by atoms with Crippen molar-refractivity contribution in [1.82, 2.24) is 14.5 Å². The van der Waals surface area contributed by atoms with Crippen LogP contribution in [0.2, 0.25) is 0 Å². The van der Waals surface area contributed by atoms with Crippen molar-refractivity contribution in [3.05, 3.63) is 48.4 Å². The fraction of sp³-hybridized carbons (Fsp3) is 0.0714. The largest absolute Gasteiger partial charge is 0.478 e. The summed E-state index contributed by atoms with van der Waals surface area (Å²) in [6.07, 6.45) is 4.95. The number of nitrogens with zero attached hydrogens (tertiary/aromatic N) is 3. The van der Waals surface area contributed by atoms with Gasteiger partial charge in [-0.15, -0.1) is 0 Å². The van der Waals surface area contributed by atoms with Crippen LogP contribution in [0.15, 0.2) is 42.9 Å². The summed E-state index contributed by atoms with van der Waals surface area (Å²) in [4.78, 5) is 19.8. The van der Waals surface area contributed by atoms with Crippen molar-refractivity contribution in [1.29, 1.82) is 0 Å². The van der Waals surface area contributed by atoms with Crippen LogP contribution in [0.25, 0.3) is 22.3 Å². The van der Waals surface area contributed by atoms with E-state index >= 15 is 0 Å². The Labute approximate surface area is 109 Å². The smallest absolute Gasteiger partial charge is 0.338 e. The number of carboxylic acid groups (broad SMARTS) is 1. The molecule has 0 saturated heterocycles. The van der Waals surface area contributed by atoms with Gasteiger partial charge in [-0.05, 0) is 24.3 Å². The van der Waals surface area contributed by atoms with E-state index in [1.54, 1.807) is 47.4 Å². The molecular formula is C14H11N3O2. The minimum absolute atomic E-state index is 0.275. The summed E-state index contributed by atoms with van der Waals surface area (Å²) >= 11 is 0. The van der Waals surface area contributed by atoms with Gasteiger partial charge in [0, 0.05) is 36.6 Å². The van der Waals surface area contributed by atoms with Crippen LogP contribution in [0.1, 0.15) is 10.4 Å². The SMILES string of the molecule is Cn1c(-c2ccncc2)c(C(=O)O)c2cccnc21. The Balaban J connectivity index is 2.44. The summed E-state index contributed by atoms with van der Waals surface area (Å²) in [6.45, 7) is 0. The van der Waals surface area contributed by atoms with Gasteiger partial charge < -0.3 is 9.67 Å². The third-order valence-corrected chi connectivity index (χ3v) is 3.11. The Morgan fingerprint density at radius 1 is 1.21 bits per heavy atom. The normalized spacial score (nSPS) is 10.8. The highest BCUT2D eigenvalue weighted by atomic mass is 16.4. The van der Waals surface area contributed by atoms with Crippen LogP contribution in [0.4, 0.5) is 0 Å². The zero-order valence-electron chi connectivity index (χ0n) is 10.2. The van der Waals surface area contributed by atoms with Gasteiger partial charge >= 0.3 is 5.97 Å². The molecule has 0 amide bonds. The van der Waals surface area contributed by atoms with E-state index < -0.39 is 5.97 Å². The molecule has 0 saturated carbocycles. The molecule has 0 aliphatic rings. The second kappa shape index (κ2) is 4.20. The lowest BCUT2D eigenvalue weighted by Gasteiger charge is -2.04. The summed E-state index contributed by atoms with van der Waals surface area (Å²) in [5.41, 5.74) is 2.39. The van der Waals surface area contributed by atoms with Gasteiger partial charge in [-0.3, -0.25) is 4.98 Å². The molecule has 19 heavy (non-hydrogen) atoms. The molecular weight excluding hydrogens is 242 g/mol. The Bertz CT molecular complexity index is 763. The van der Waals surface area contributed by atoms with E-state index in [4.69, 9.17) is 0 Å². The van der Waals surface area contributed by atoms with Crippen molar-refractivity contribution in [2.24, 2.45) is 7.05 Å². The Morgan fingerprint density at radius 3 is 2.63 bits per heavy atom. The molecule has 1 N–H and O–H groups in total. The molecule has 0 atom stereocenters. The lowest BCUT2D eigenvalue weighted by molar-refractivity contribution is 0.0699. The van der Waals surface area contributed by atoms with Gasteiger partial charge in [0.2, 0.25) is 0 Å². The fourth-order valence-corrected chi connectivity index (χ4v) is 2.32. The standard InChI is InChI=1S/C14H11N3O2/c1-17-12(9-4-7-15-8-5-9)11(14(18)19)10-3-2-6-16-13(10)17/h2-8H,1H3,(H,18,19). The minimum Gasteiger partial charge on any atom is -0.478 e. The van der Waals surface area contributed by atoms with E-state index in [1.807, 2.05) is 7.05 Å². The van der Waals surface area contributed by atoms with Crippen LogP contribution in [0.5, 0.6) is 0 Å². The van der Waals surface area contributed by atoms with E-state index in [0.717, 1.165) is 5.56 Å². The third-order valence-electron chi connectivity index (χ3n) is 3.11. The molecule has 0 spiro atoms. The average molecular weight is 253 g/mol. The number of fused-ring (bicyclic) bond motifs is 1. The quantitative estimate of drug-likeness (QED) is 0.761. The van der Waals surface area contributed by atoms with Crippen molar-refractivity contribution in [2.75, 3.05) is 0 Å². The van der Waals surface area contributed by atoms with Crippen molar-refractivity contribution >= 4 is 17.0 Å². The molecule has 0 radical (unpaired) electrons. The predicted octanol–water partition coefficient (Wildman–Crippen LogP) is 2.33. The zero-order valence-corrected chi connectivity index (χ0v) is 10.2. The number of aromatic nitrogens is 3. The summed E-state index contributed by atoms with van der Waals surface area (Å²) < 4.78 is 1.80. The van der Waals surface area contributed by atoms with Crippen molar-refractivity contribution < 1.29 is 9.90 Å². The van der Waals surface area contributed by atoms with E-state index in [2.05, 4.69) is 9.97 Å². The van der Waals surface area contributed by atoms with Gasteiger partial charge in [0.05, 0.1) is 11.3 Å². The number of carbonyl (C=O) groups is 1. The van der Waals surface area contributed by atoms with Crippen molar-refractivity contribution in [3.63, 3.8) is 0 Å². The predicted molar refractivity (Wildman–Crippen MR) is 70.9 cm³/mol. The summed E-state index contributed by atoms with van der Waals surface area (Å²) in [5.74, 6) is -0.953. The Morgan fingerprint density at radius 2 is 1.95 bits per heavy atom. The molecule has 0 bridgehead atoms. The lowest BCUT2D eigenvalue weighted by Crippen LogP contribution is -2.00. The number of pyridine rings is 2. The van der Waals surface area contributed by atoms with E-state index in [0.29, 0.717) is 16.7 Å². The first-order valence-electron chi connectivity index (χ1n) is 5.77. The second-order valence-electron chi connectivity index (χ2n) is 4.20. The Hall–Kier alpha value is -2.69. The van der Waals surface area contributed by atoms with Crippen LogP contribution in [0, 0.1) is 0 Å². The molecule has 94 valence electrons. The average Bonchev–Trinajstić information content (AvgIpc) is 2.74. The molecule has 5 heteroatoms. The molecule has 3 aromatic rings. The number of aryl methyl sites for hydroxylation is 1. The summed E-state index contributed by atoms with van der Waals surface area (Å²) in [6, 6.07) is 7.10.